The molecule has 8 N–H and O–H groups in total. The number of alkyl halides is 3. The average Bonchev–Trinajstić information content (AvgIpc) is 4.23. The predicted octanol–water partition coefficient (Wildman–Crippen LogP) is 10.5. The number of ether oxygens (including phenoxy) is 4. The van der Waals surface area contributed by atoms with Crippen LogP contribution in [0.15, 0.2) is 157 Å². The van der Waals surface area contributed by atoms with Crippen LogP contribution < -0.4 is 35.0 Å². The number of aliphatic carboxylic acids is 1. The summed E-state index contributed by atoms with van der Waals surface area (Å²) in [5.74, 6) is 0.347. The number of hydrogen-bond donors (Lipinski definition) is 8. The topological polar surface area (TPSA) is 238 Å². The monoisotopic (exact) mass is 1140 g/mol. The van der Waals surface area contributed by atoms with E-state index in [9.17, 15) is 13.2 Å². The van der Waals surface area contributed by atoms with E-state index in [-0.39, 0.29) is 6.01 Å². The third-order valence-corrected chi connectivity index (χ3v) is 11.7. The van der Waals surface area contributed by atoms with Crippen LogP contribution in [0.1, 0.15) is 11.1 Å². The molecule has 0 spiro atoms. The molecule has 0 aliphatic heterocycles. The number of anilines is 2. The molecule has 5 aromatic heterocycles. The lowest BCUT2D eigenvalue weighted by Gasteiger charge is -2.10. The van der Waals surface area contributed by atoms with Crippen molar-refractivity contribution in [3.63, 3.8) is 0 Å². The second-order valence-corrected chi connectivity index (χ2v) is 17.5. The Bertz CT molecular complexity index is 3440. The third-order valence-electron chi connectivity index (χ3n) is 11.0. The average molecular weight is 1140 g/mol. The van der Waals surface area contributed by atoms with Gasteiger partial charge < -0.3 is 59.7 Å². The van der Waals surface area contributed by atoms with E-state index in [0.29, 0.717) is 22.4 Å². The van der Waals surface area contributed by atoms with Gasteiger partial charge in [-0.25, -0.2) is 4.79 Å². The van der Waals surface area contributed by atoms with E-state index in [1.54, 1.807) is 39.5 Å². The molecule has 0 amide bonds. The summed E-state index contributed by atoms with van der Waals surface area (Å²) in [6.45, 7) is 1.49. The van der Waals surface area contributed by atoms with Gasteiger partial charge in [-0.2, -0.15) is 33.1 Å². The van der Waals surface area contributed by atoms with Crippen molar-refractivity contribution in [2.24, 2.45) is 0 Å². The minimum Gasteiger partial charge on any atom is -0.497 e. The lowest BCUT2D eigenvalue weighted by molar-refractivity contribution is -0.192. The molecule has 0 atom stereocenters. The van der Waals surface area contributed by atoms with E-state index < -0.39 is 19.3 Å². The highest BCUT2D eigenvalue weighted by atomic mass is 79.9. The molecule has 17 nitrogen and oxygen atoms in total. The molecule has 400 valence electrons. The van der Waals surface area contributed by atoms with E-state index in [2.05, 4.69) is 110 Å². The molecule has 0 fully saturated rings. The van der Waals surface area contributed by atoms with Crippen molar-refractivity contribution in [1.82, 2.24) is 34.9 Å². The number of methoxy groups -OCH3 is 4. The van der Waals surface area contributed by atoms with Crippen LogP contribution in [0.25, 0.3) is 44.0 Å². The Hall–Kier alpha value is -8.31. The van der Waals surface area contributed by atoms with E-state index in [1.807, 2.05) is 85.3 Å². The lowest BCUT2D eigenvalue weighted by atomic mass is 9.80. The highest BCUT2D eigenvalue weighted by Gasteiger charge is 2.38. The number of carbonyl (C=O) groups is 1. The summed E-state index contributed by atoms with van der Waals surface area (Å²) in [4.78, 5) is 35.2. The van der Waals surface area contributed by atoms with Gasteiger partial charge >= 0.3 is 31.3 Å². The number of carboxylic acids is 1. The fourth-order valence-corrected chi connectivity index (χ4v) is 7.58. The van der Waals surface area contributed by atoms with Crippen molar-refractivity contribution in [1.29, 1.82) is 0 Å². The van der Waals surface area contributed by atoms with Crippen LogP contribution >= 0.6 is 27.5 Å². The second kappa shape index (κ2) is 28.6. The van der Waals surface area contributed by atoms with Crippen LogP contribution in [0.3, 0.4) is 0 Å². The van der Waals surface area contributed by atoms with Gasteiger partial charge in [0.25, 0.3) is 0 Å². The second-order valence-electron chi connectivity index (χ2n) is 16.2. The van der Waals surface area contributed by atoms with Gasteiger partial charge in [0.15, 0.2) is 0 Å². The SMILES string of the molecule is Brc1ccc2cc[nH]c2c1.COc1ccc(CCNc2cc(-c3ccc4cc[nH]c4c3)nc(OC)n2)cc1.COc1ccc(CCNc2cc(Cl)nc(OC)n2)cc1.O=C(O)C(F)(F)F.OB(O)c1ccc2cc[nH]c2c1. The minimum absolute atomic E-state index is 0.254. The molecule has 10 aromatic rings. The number of benzene rings is 5. The van der Waals surface area contributed by atoms with E-state index in [1.165, 1.54) is 34.5 Å². The molecule has 5 heterocycles. The van der Waals surface area contributed by atoms with E-state index in [0.717, 1.165) is 75.4 Å². The van der Waals surface area contributed by atoms with Crippen LogP contribution in [0.5, 0.6) is 23.5 Å². The van der Waals surface area contributed by atoms with Gasteiger partial charge in [-0.1, -0.05) is 82.1 Å². The van der Waals surface area contributed by atoms with Gasteiger partial charge in [-0.15, -0.1) is 0 Å². The molecule has 0 saturated heterocycles. The first-order valence-electron chi connectivity index (χ1n) is 23.3. The number of rotatable bonds is 14. The number of nitrogens with one attached hydrogen (secondary N) is 5. The maximum Gasteiger partial charge on any atom is 0.490 e. The van der Waals surface area contributed by atoms with Crippen LogP contribution in [0.2, 0.25) is 5.15 Å². The van der Waals surface area contributed by atoms with Gasteiger partial charge in [0, 0.05) is 70.4 Å². The summed E-state index contributed by atoms with van der Waals surface area (Å²) in [5, 5.41) is 35.3. The van der Waals surface area contributed by atoms with Gasteiger partial charge in [0.05, 0.1) is 34.1 Å². The molecule has 23 heteroatoms. The Balaban J connectivity index is 0.000000170. The van der Waals surface area contributed by atoms with Crippen molar-refractivity contribution < 1.29 is 52.1 Å². The molecule has 0 aliphatic rings. The maximum atomic E-state index is 10.6. The fourth-order valence-electron chi connectivity index (χ4n) is 7.04. The molecular formula is C54H53BBrClF3N9O8. The van der Waals surface area contributed by atoms with Crippen molar-refractivity contribution in [2.75, 3.05) is 52.2 Å². The Morgan fingerprint density at radius 1 is 0.597 bits per heavy atom. The Kier molecular flexibility index (Phi) is 21.5. The van der Waals surface area contributed by atoms with Gasteiger partial charge in [-0.3, -0.25) is 0 Å². The normalized spacial score (nSPS) is 10.6. The Morgan fingerprint density at radius 2 is 1.05 bits per heavy atom. The number of H-pyrrole nitrogens is 3. The molecule has 0 radical (unpaired) electrons. The quantitative estimate of drug-likeness (QED) is 0.0374. The highest BCUT2D eigenvalue weighted by molar-refractivity contribution is 9.10. The third kappa shape index (κ3) is 18.2. The van der Waals surface area contributed by atoms with Crippen molar-refractivity contribution in [2.45, 2.75) is 19.0 Å². The first kappa shape index (κ1) is 58.0. The lowest BCUT2D eigenvalue weighted by Crippen LogP contribution is -2.29. The number of hydrogen-bond acceptors (Lipinski definition) is 13. The molecule has 10 rings (SSSR count). The van der Waals surface area contributed by atoms with Gasteiger partial charge in [-0.05, 0) is 112 Å². The van der Waals surface area contributed by atoms with Crippen molar-refractivity contribution in [3.8, 4) is 34.8 Å². The summed E-state index contributed by atoms with van der Waals surface area (Å²) in [5.41, 5.74) is 7.94. The summed E-state index contributed by atoms with van der Waals surface area (Å²) in [7, 11) is 5.02. The molecule has 0 unspecified atom stereocenters. The predicted molar refractivity (Wildman–Crippen MR) is 298 cm³/mol. The number of aromatic amines is 3. The number of nitrogens with zero attached hydrogens (tertiary/aromatic N) is 4. The first-order chi connectivity index (χ1) is 37.0. The number of halogens is 5. The van der Waals surface area contributed by atoms with Crippen LogP contribution in [-0.4, -0.2) is 111 Å². The maximum absolute atomic E-state index is 10.6. The van der Waals surface area contributed by atoms with Crippen LogP contribution in [0.4, 0.5) is 24.8 Å². The zero-order valence-electron chi connectivity index (χ0n) is 41.9. The summed E-state index contributed by atoms with van der Waals surface area (Å²) in [6, 6.07) is 43.9. The zero-order chi connectivity index (χ0) is 55.3. The summed E-state index contributed by atoms with van der Waals surface area (Å²) in [6.07, 6.45) is 2.35. The number of aromatic nitrogens is 7. The first-order valence-corrected chi connectivity index (χ1v) is 24.5. The summed E-state index contributed by atoms with van der Waals surface area (Å²) < 4.78 is 53.4. The van der Waals surface area contributed by atoms with Gasteiger partial charge in [0.2, 0.25) is 0 Å². The highest BCUT2D eigenvalue weighted by Crippen LogP contribution is 2.26. The van der Waals surface area contributed by atoms with Crippen molar-refractivity contribution in [3.05, 3.63) is 173 Å². The van der Waals surface area contributed by atoms with E-state index >= 15 is 0 Å². The van der Waals surface area contributed by atoms with Crippen LogP contribution in [-0.2, 0) is 17.6 Å². The largest absolute Gasteiger partial charge is 0.497 e. The van der Waals surface area contributed by atoms with Crippen molar-refractivity contribution >= 4 is 90.4 Å². The number of carboxylic acid groups (broad SMARTS) is 1. The summed E-state index contributed by atoms with van der Waals surface area (Å²) >= 11 is 9.27. The molecular weight excluding hydrogens is 1090 g/mol. The number of fused-ring (bicyclic) bond motifs is 3. The smallest absolute Gasteiger partial charge is 0.490 e. The molecule has 0 aliphatic carbocycles. The zero-order valence-corrected chi connectivity index (χ0v) is 44.2. The standard InChI is InChI=1S/C22H22N4O2.C14H16ClN3O2.C8H8BNO2.C8H6BrN.C2HF3O2/c1-27-18-7-3-15(4-8-18)9-11-24-21-14-20(25-22(26-21)28-2)17-6-5-16-10-12-23-19(16)13-17;1-19-11-5-3-10(4-6-11)7-8-16-13-9-12(15)17-14(18-13)20-2;11-9(12)7-2-1-6-3-4-10-8(6)5-7;9-7-2-1-6-3-4-10-8(6)5-7;3-2(4,5)1(6)7/h3-8,10,12-14,23H,9,11H2,1-2H3,(H,24,25,26);3-6,9H,7-8H2,1-2H3,(H,16,17,18);1-5,10-12H;1-5,10H;(H,6,7). The molecule has 77 heavy (non-hydrogen) atoms. The van der Waals surface area contributed by atoms with Gasteiger partial charge in [0.1, 0.15) is 28.3 Å². The van der Waals surface area contributed by atoms with E-state index in [4.69, 9.17) is 50.5 Å². The molecule has 0 bridgehead atoms. The fraction of sp³-hybridized carbons (Fsp3) is 0.167. The molecule has 5 aromatic carbocycles. The molecule has 0 saturated carbocycles. The Labute approximate surface area is 454 Å². The van der Waals surface area contributed by atoms with Crippen LogP contribution in [0, 0.1) is 0 Å². The Morgan fingerprint density at radius 3 is 1.53 bits per heavy atom. The minimum atomic E-state index is -5.08.